The van der Waals surface area contributed by atoms with E-state index in [1.165, 1.54) is 0 Å². The van der Waals surface area contributed by atoms with Gasteiger partial charge < -0.3 is 10.5 Å². The maximum Gasteiger partial charge on any atom is 0.138 e. The molecule has 0 spiro atoms. The zero-order valence-corrected chi connectivity index (χ0v) is 11.1. The number of hydrogen-bond acceptors (Lipinski definition) is 2. The molecule has 1 unspecified atom stereocenters. The summed E-state index contributed by atoms with van der Waals surface area (Å²) >= 11 is 6.08. The average Bonchev–Trinajstić information content (AvgIpc) is 2.17. The van der Waals surface area contributed by atoms with E-state index in [2.05, 4.69) is 20.8 Å². The molecule has 0 bridgehead atoms. The third-order valence-corrected chi connectivity index (χ3v) is 2.85. The van der Waals surface area contributed by atoms with E-state index in [1.54, 1.807) is 0 Å². The summed E-state index contributed by atoms with van der Waals surface area (Å²) < 4.78 is 5.88. The molecular formula is C13H20ClNO. The maximum atomic E-state index is 6.08. The van der Waals surface area contributed by atoms with Crippen LogP contribution in [0.5, 0.6) is 5.75 Å². The lowest BCUT2D eigenvalue weighted by Crippen LogP contribution is -2.38. The van der Waals surface area contributed by atoms with E-state index < -0.39 is 0 Å². The molecule has 0 saturated heterocycles. The molecule has 2 nitrogen and oxygen atoms in total. The van der Waals surface area contributed by atoms with Crippen molar-refractivity contribution in [2.75, 3.05) is 6.54 Å². The lowest BCUT2D eigenvalue weighted by molar-refractivity contribution is 0.0942. The summed E-state index contributed by atoms with van der Waals surface area (Å²) in [5, 5.41) is 0.633. The molecule has 1 aromatic rings. The summed E-state index contributed by atoms with van der Waals surface area (Å²) in [7, 11) is 0. The largest absolute Gasteiger partial charge is 0.487 e. The molecule has 0 fully saturated rings. The Morgan fingerprint density at radius 3 is 2.50 bits per heavy atom. The minimum absolute atomic E-state index is 0.00181. The van der Waals surface area contributed by atoms with Crippen LogP contribution in [0.25, 0.3) is 0 Å². The minimum atomic E-state index is -0.0354. The predicted octanol–water partition coefficient (Wildman–Crippen LogP) is 3.40. The summed E-state index contributed by atoms with van der Waals surface area (Å²) in [4.78, 5) is 0. The van der Waals surface area contributed by atoms with Crippen LogP contribution in [-0.2, 0) is 0 Å². The van der Waals surface area contributed by atoms with Gasteiger partial charge in [-0.3, -0.25) is 0 Å². The zero-order chi connectivity index (χ0) is 12.3. The monoisotopic (exact) mass is 241 g/mol. The van der Waals surface area contributed by atoms with Crippen molar-refractivity contribution in [3.63, 3.8) is 0 Å². The normalized spacial score (nSPS) is 13.6. The molecule has 0 aliphatic heterocycles. The Labute approximate surface area is 103 Å². The third-order valence-electron chi connectivity index (χ3n) is 2.54. The average molecular weight is 242 g/mol. The quantitative estimate of drug-likeness (QED) is 0.880. The first-order valence-electron chi connectivity index (χ1n) is 5.47. The number of halogens is 1. The second kappa shape index (κ2) is 5.07. The van der Waals surface area contributed by atoms with Crippen LogP contribution in [0.2, 0.25) is 5.02 Å². The third kappa shape index (κ3) is 3.39. The van der Waals surface area contributed by atoms with Gasteiger partial charge in [0, 0.05) is 12.0 Å². The van der Waals surface area contributed by atoms with E-state index in [9.17, 15) is 0 Å². The van der Waals surface area contributed by atoms with Gasteiger partial charge in [0.25, 0.3) is 0 Å². The summed E-state index contributed by atoms with van der Waals surface area (Å²) in [5.41, 5.74) is 6.86. The maximum absolute atomic E-state index is 6.08. The SMILES string of the molecule is Cc1ccc(Cl)c(OC(CN)C(C)(C)C)c1. The van der Waals surface area contributed by atoms with Crippen molar-refractivity contribution < 1.29 is 4.74 Å². The van der Waals surface area contributed by atoms with E-state index in [0.29, 0.717) is 17.3 Å². The van der Waals surface area contributed by atoms with E-state index in [1.807, 2.05) is 25.1 Å². The molecule has 0 aliphatic rings. The van der Waals surface area contributed by atoms with Crippen molar-refractivity contribution in [1.82, 2.24) is 0 Å². The fraction of sp³-hybridized carbons (Fsp3) is 0.538. The Morgan fingerprint density at radius 2 is 2.00 bits per heavy atom. The zero-order valence-electron chi connectivity index (χ0n) is 10.4. The molecule has 0 heterocycles. The van der Waals surface area contributed by atoms with Gasteiger partial charge in [0.05, 0.1) is 5.02 Å². The van der Waals surface area contributed by atoms with Gasteiger partial charge in [-0.05, 0) is 24.6 Å². The molecule has 16 heavy (non-hydrogen) atoms. The van der Waals surface area contributed by atoms with Crippen LogP contribution < -0.4 is 10.5 Å². The molecule has 0 saturated carbocycles. The number of aryl methyl sites for hydroxylation is 1. The van der Waals surface area contributed by atoms with E-state index in [0.717, 1.165) is 5.56 Å². The number of nitrogens with two attached hydrogens (primary N) is 1. The Kier molecular flexibility index (Phi) is 4.22. The smallest absolute Gasteiger partial charge is 0.138 e. The fourth-order valence-electron chi connectivity index (χ4n) is 1.43. The topological polar surface area (TPSA) is 35.2 Å². The van der Waals surface area contributed by atoms with E-state index in [4.69, 9.17) is 22.1 Å². The molecule has 3 heteroatoms. The fourth-order valence-corrected chi connectivity index (χ4v) is 1.59. The summed E-state index contributed by atoms with van der Waals surface area (Å²) in [6.07, 6.45) is -0.0354. The Bertz CT molecular complexity index is 357. The van der Waals surface area contributed by atoms with Gasteiger partial charge in [0.15, 0.2) is 0 Å². The van der Waals surface area contributed by atoms with Crippen LogP contribution in [0, 0.1) is 12.3 Å². The standard InChI is InChI=1S/C13H20ClNO/c1-9-5-6-10(14)11(7-9)16-12(8-15)13(2,3)4/h5-7,12H,8,15H2,1-4H3. The highest BCUT2D eigenvalue weighted by molar-refractivity contribution is 6.32. The van der Waals surface area contributed by atoms with Crippen molar-refractivity contribution in [2.45, 2.75) is 33.8 Å². The molecule has 0 radical (unpaired) electrons. The van der Waals surface area contributed by atoms with Gasteiger partial charge in [0.2, 0.25) is 0 Å². The molecule has 0 amide bonds. The van der Waals surface area contributed by atoms with Crippen LogP contribution in [0.4, 0.5) is 0 Å². The van der Waals surface area contributed by atoms with Crippen molar-refractivity contribution in [1.29, 1.82) is 0 Å². The van der Waals surface area contributed by atoms with E-state index in [-0.39, 0.29) is 11.5 Å². The molecule has 2 N–H and O–H groups in total. The van der Waals surface area contributed by atoms with Gasteiger partial charge in [-0.2, -0.15) is 0 Å². The summed E-state index contributed by atoms with van der Waals surface area (Å²) in [5.74, 6) is 0.715. The number of rotatable bonds is 3. The highest BCUT2D eigenvalue weighted by atomic mass is 35.5. The first kappa shape index (κ1) is 13.3. The summed E-state index contributed by atoms with van der Waals surface area (Å²) in [6.45, 7) is 8.81. The van der Waals surface area contributed by atoms with E-state index >= 15 is 0 Å². The van der Waals surface area contributed by atoms with Crippen molar-refractivity contribution >= 4 is 11.6 Å². The molecule has 1 rings (SSSR count). The first-order chi connectivity index (χ1) is 7.34. The Hall–Kier alpha value is -0.730. The Morgan fingerprint density at radius 1 is 1.38 bits per heavy atom. The van der Waals surface area contributed by atoms with Gasteiger partial charge in [-0.25, -0.2) is 0 Å². The minimum Gasteiger partial charge on any atom is -0.487 e. The van der Waals surface area contributed by atoms with Gasteiger partial charge >= 0.3 is 0 Å². The highest BCUT2D eigenvalue weighted by Gasteiger charge is 2.25. The highest BCUT2D eigenvalue weighted by Crippen LogP contribution is 2.30. The van der Waals surface area contributed by atoms with Crippen molar-refractivity contribution in [3.05, 3.63) is 28.8 Å². The van der Waals surface area contributed by atoms with Crippen LogP contribution in [-0.4, -0.2) is 12.6 Å². The summed E-state index contributed by atoms with van der Waals surface area (Å²) in [6, 6.07) is 5.75. The number of hydrogen-bond donors (Lipinski definition) is 1. The van der Waals surface area contributed by atoms with Crippen molar-refractivity contribution in [3.8, 4) is 5.75 Å². The molecule has 1 atom stereocenters. The molecule has 90 valence electrons. The van der Waals surface area contributed by atoms with Crippen molar-refractivity contribution in [2.24, 2.45) is 11.1 Å². The second-order valence-electron chi connectivity index (χ2n) is 5.14. The van der Waals surface area contributed by atoms with Crippen LogP contribution in [0.1, 0.15) is 26.3 Å². The predicted molar refractivity (Wildman–Crippen MR) is 69.1 cm³/mol. The second-order valence-corrected chi connectivity index (χ2v) is 5.55. The van der Waals surface area contributed by atoms with Crippen LogP contribution >= 0.6 is 11.6 Å². The molecule has 0 aliphatic carbocycles. The number of ether oxygens (including phenoxy) is 1. The van der Waals surface area contributed by atoms with Crippen LogP contribution in [0.3, 0.4) is 0 Å². The number of benzene rings is 1. The van der Waals surface area contributed by atoms with Gasteiger partial charge in [-0.1, -0.05) is 38.4 Å². The molecular weight excluding hydrogens is 222 g/mol. The van der Waals surface area contributed by atoms with Gasteiger partial charge in [0.1, 0.15) is 11.9 Å². The lowest BCUT2D eigenvalue weighted by Gasteiger charge is -2.30. The Balaban J connectivity index is 2.90. The first-order valence-corrected chi connectivity index (χ1v) is 5.85. The van der Waals surface area contributed by atoms with Crippen LogP contribution in [0.15, 0.2) is 18.2 Å². The lowest BCUT2D eigenvalue weighted by atomic mass is 9.89. The van der Waals surface area contributed by atoms with Gasteiger partial charge in [-0.15, -0.1) is 0 Å². The molecule has 1 aromatic carbocycles. The molecule has 0 aromatic heterocycles.